The summed E-state index contributed by atoms with van der Waals surface area (Å²) in [6.07, 6.45) is 0.245. The molecule has 0 saturated carbocycles. The van der Waals surface area contributed by atoms with Gasteiger partial charge in [0.05, 0.1) is 17.8 Å². The Labute approximate surface area is 152 Å². The van der Waals surface area contributed by atoms with Gasteiger partial charge < -0.3 is 4.90 Å². The second-order valence-corrected chi connectivity index (χ2v) is 6.41. The summed E-state index contributed by atoms with van der Waals surface area (Å²) in [4.78, 5) is 14.2. The largest absolute Gasteiger partial charge is 0.341 e. The summed E-state index contributed by atoms with van der Waals surface area (Å²) in [6.45, 7) is 4.12. The molecular weight excluding hydrogens is 329 g/mol. The number of hydrogen-bond donors (Lipinski definition) is 0. The molecule has 1 amide bonds. The highest BCUT2D eigenvalue weighted by atomic mass is 19.1. The Bertz CT molecular complexity index is 918. The normalized spacial score (nSPS) is 10.8. The Morgan fingerprint density at radius 1 is 1.08 bits per heavy atom. The highest BCUT2D eigenvalue weighted by Crippen LogP contribution is 2.19. The molecule has 0 radical (unpaired) electrons. The third-order valence-corrected chi connectivity index (χ3v) is 4.56. The van der Waals surface area contributed by atoms with Crippen LogP contribution in [0.1, 0.15) is 22.5 Å². The fourth-order valence-corrected chi connectivity index (χ4v) is 3.01. The van der Waals surface area contributed by atoms with Gasteiger partial charge in [0.2, 0.25) is 5.91 Å². The van der Waals surface area contributed by atoms with Gasteiger partial charge in [0.15, 0.2) is 0 Å². The van der Waals surface area contributed by atoms with E-state index in [1.807, 2.05) is 48.9 Å². The van der Waals surface area contributed by atoms with E-state index in [1.165, 1.54) is 6.07 Å². The molecule has 26 heavy (non-hydrogen) atoms. The lowest BCUT2D eigenvalue weighted by Gasteiger charge is -2.18. The molecule has 3 aromatic rings. The van der Waals surface area contributed by atoms with E-state index in [9.17, 15) is 9.18 Å². The fraction of sp³-hybridized carbons (Fsp3) is 0.238. The zero-order valence-electron chi connectivity index (χ0n) is 15.2. The number of nitrogens with zero attached hydrogens (tertiary/aromatic N) is 3. The van der Waals surface area contributed by atoms with Crippen molar-refractivity contribution in [1.82, 2.24) is 14.7 Å². The number of aryl methyl sites for hydroxylation is 1. The molecule has 5 heteroatoms. The van der Waals surface area contributed by atoms with Crippen LogP contribution in [0.3, 0.4) is 0 Å². The van der Waals surface area contributed by atoms with Gasteiger partial charge in [0.25, 0.3) is 0 Å². The number of carbonyl (C=O) groups excluding carboxylic acids is 1. The first-order valence-corrected chi connectivity index (χ1v) is 8.55. The molecule has 134 valence electrons. The van der Waals surface area contributed by atoms with Gasteiger partial charge in [-0.05, 0) is 32.0 Å². The van der Waals surface area contributed by atoms with E-state index in [0.717, 1.165) is 22.6 Å². The van der Waals surface area contributed by atoms with Crippen LogP contribution < -0.4 is 0 Å². The van der Waals surface area contributed by atoms with Crippen molar-refractivity contribution in [1.29, 1.82) is 0 Å². The van der Waals surface area contributed by atoms with Gasteiger partial charge in [-0.1, -0.05) is 36.4 Å². The smallest absolute Gasteiger partial charge is 0.227 e. The number of rotatable bonds is 5. The maximum absolute atomic E-state index is 13.8. The predicted molar refractivity (Wildman–Crippen MR) is 99.6 cm³/mol. The summed E-state index contributed by atoms with van der Waals surface area (Å²) < 4.78 is 15.7. The molecule has 0 aliphatic rings. The second kappa shape index (κ2) is 7.52. The summed E-state index contributed by atoms with van der Waals surface area (Å²) in [5.41, 5.74) is 4.17. The van der Waals surface area contributed by atoms with E-state index in [1.54, 1.807) is 30.1 Å². The molecule has 0 fully saturated rings. The van der Waals surface area contributed by atoms with Crippen molar-refractivity contribution in [2.24, 2.45) is 0 Å². The molecule has 0 N–H and O–H groups in total. The molecule has 0 bridgehead atoms. The predicted octanol–water partition coefficient (Wildman–Crippen LogP) is 3.83. The van der Waals surface area contributed by atoms with Crippen LogP contribution in [0.25, 0.3) is 5.69 Å². The van der Waals surface area contributed by atoms with Gasteiger partial charge in [-0.3, -0.25) is 4.79 Å². The molecule has 0 unspecified atom stereocenters. The van der Waals surface area contributed by atoms with Crippen molar-refractivity contribution < 1.29 is 9.18 Å². The Morgan fingerprint density at radius 2 is 1.73 bits per heavy atom. The monoisotopic (exact) mass is 351 g/mol. The minimum atomic E-state index is -0.295. The van der Waals surface area contributed by atoms with Crippen LogP contribution in [-0.2, 0) is 17.8 Å². The minimum Gasteiger partial charge on any atom is -0.341 e. The second-order valence-electron chi connectivity index (χ2n) is 6.41. The van der Waals surface area contributed by atoms with Crippen molar-refractivity contribution in [3.63, 3.8) is 0 Å². The van der Waals surface area contributed by atoms with E-state index in [4.69, 9.17) is 0 Å². The van der Waals surface area contributed by atoms with Crippen LogP contribution >= 0.6 is 0 Å². The number of para-hydroxylation sites is 1. The Morgan fingerprint density at radius 3 is 2.42 bits per heavy atom. The van der Waals surface area contributed by atoms with Crippen LogP contribution in [0, 0.1) is 19.7 Å². The molecule has 0 aliphatic carbocycles. The fourth-order valence-electron chi connectivity index (χ4n) is 3.01. The average molecular weight is 351 g/mol. The third kappa shape index (κ3) is 3.67. The first-order chi connectivity index (χ1) is 12.5. The van der Waals surface area contributed by atoms with Crippen molar-refractivity contribution in [2.75, 3.05) is 7.05 Å². The molecule has 2 aromatic carbocycles. The first-order valence-electron chi connectivity index (χ1n) is 8.55. The summed E-state index contributed by atoms with van der Waals surface area (Å²) in [5.74, 6) is -0.358. The number of aromatic nitrogens is 2. The van der Waals surface area contributed by atoms with E-state index >= 15 is 0 Å². The first kappa shape index (κ1) is 17.9. The third-order valence-electron chi connectivity index (χ3n) is 4.56. The number of amides is 1. The van der Waals surface area contributed by atoms with Gasteiger partial charge in [0, 0.05) is 30.4 Å². The number of likely N-dealkylation sites (N-methyl/N-ethyl adjacent to an activating group) is 1. The van der Waals surface area contributed by atoms with Crippen molar-refractivity contribution in [2.45, 2.75) is 26.8 Å². The molecule has 0 spiro atoms. The maximum atomic E-state index is 13.8. The average Bonchev–Trinajstić information content (AvgIpc) is 2.92. The number of halogens is 1. The SMILES string of the molecule is Cc1nn(-c2ccccc2)c(C)c1CC(=O)N(C)Cc1ccccc1F. The molecular formula is C21H22FN3O. The van der Waals surface area contributed by atoms with Crippen molar-refractivity contribution in [3.05, 3.63) is 82.9 Å². The Hall–Kier alpha value is -2.95. The molecule has 0 atom stereocenters. The number of carbonyl (C=O) groups is 1. The summed E-state index contributed by atoms with van der Waals surface area (Å²) in [7, 11) is 1.70. The summed E-state index contributed by atoms with van der Waals surface area (Å²) in [5, 5.41) is 4.58. The molecule has 1 heterocycles. The van der Waals surface area contributed by atoms with Gasteiger partial charge in [-0.2, -0.15) is 5.10 Å². The zero-order valence-corrected chi connectivity index (χ0v) is 15.2. The van der Waals surface area contributed by atoms with Crippen LogP contribution in [0.5, 0.6) is 0 Å². The van der Waals surface area contributed by atoms with Crippen molar-refractivity contribution >= 4 is 5.91 Å². The number of benzene rings is 2. The van der Waals surface area contributed by atoms with E-state index in [-0.39, 0.29) is 24.7 Å². The molecule has 0 saturated heterocycles. The molecule has 1 aromatic heterocycles. The highest BCUT2D eigenvalue weighted by Gasteiger charge is 2.18. The number of hydrogen-bond acceptors (Lipinski definition) is 2. The quantitative estimate of drug-likeness (QED) is 0.701. The van der Waals surface area contributed by atoms with E-state index < -0.39 is 0 Å². The maximum Gasteiger partial charge on any atom is 0.227 e. The van der Waals surface area contributed by atoms with Gasteiger partial charge in [-0.25, -0.2) is 9.07 Å². The van der Waals surface area contributed by atoms with Gasteiger partial charge >= 0.3 is 0 Å². The lowest BCUT2D eigenvalue weighted by Crippen LogP contribution is -2.28. The van der Waals surface area contributed by atoms with Crippen LogP contribution in [-0.4, -0.2) is 27.6 Å². The van der Waals surface area contributed by atoms with E-state index in [2.05, 4.69) is 5.10 Å². The summed E-state index contributed by atoms with van der Waals surface area (Å²) >= 11 is 0. The topological polar surface area (TPSA) is 38.1 Å². The molecule has 3 rings (SSSR count). The van der Waals surface area contributed by atoms with Crippen molar-refractivity contribution in [3.8, 4) is 5.69 Å². The van der Waals surface area contributed by atoms with Crippen LogP contribution in [0.4, 0.5) is 4.39 Å². The summed E-state index contributed by atoms with van der Waals surface area (Å²) in [6, 6.07) is 16.4. The van der Waals surface area contributed by atoms with Crippen LogP contribution in [0.2, 0.25) is 0 Å². The zero-order chi connectivity index (χ0) is 18.7. The van der Waals surface area contributed by atoms with Gasteiger partial charge in [-0.15, -0.1) is 0 Å². The van der Waals surface area contributed by atoms with E-state index in [0.29, 0.717) is 5.56 Å². The highest BCUT2D eigenvalue weighted by molar-refractivity contribution is 5.79. The lowest BCUT2D eigenvalue weighted by atomic mass is 10.1. The van der Waals surface area contributed by atoms with Gasteiger partial charge in [0.1, 0.15) is 5.82 Å². The standard InChI is InChI=1S/C21H22FN3O/c1-15-19(16(2)25(23-15)18-10-5-4-6-11-18)13-21(26)24(3)14-17-9-7-8-12-20(17)22/h4-12H,13-14H2,1-3H3. The Balaban J connectivity index is 1.77. The van der Waals surface area contributed by atoms with Crippen LogP contribution in [0.15, 0.2) is 54.6 Å². The lowest BCUT2D eigenvalue weighted by molar-refractivity contribution is -0.129. The Kier molecular flexibility index (Phi) is 5.16. The molecule has 0 aliphatic heterocycles. The minimum absolute atomic E-state index is 0.0629. The molecule has 4 nitrogen and oxygen atoms in total.